The van der Waals surface area contributed by atoms with E-state index in [2.05, 4.69) is 185 Å². The predicted octanol–water partition coefficient (Wildman–Crippen LogP) is 9.63. The molecule has 3 aliphatic rings. The largest absolute Gasteiger partial charge is 0.494 e. The van der Waals surface area contributed by atoms with Gasteiger partial charge in [-0.2, -0.15) is 0 Å². The number of fused-ring (bicyclic) bond motifs is 4. The summed E-state index contributed by atoms with van der Waals surface area (Å²) in [4.78, 5) is 2.46. The lowest BCUT2D eigenvalue weighted by atomic mass is 9.67. The second kappa shape index (κ2) is 11.4. The van der Waals surface area contributed by atoms with Gasteiger partial charge in [-0.3, -0.25) is 0 Å². The third kappa shape index (κ3) is 4.58. The molecule has 0 N–H and O–H groups in total. The van der Waals surface area contributed by atoms with E-state index in [0.29, 0.717) is 6.54 Å². The first-order valence-corrected chi connectivity index (χ1v) is 16.9. The molecule has 236 valence electrons. The molecule has 4 heteroatoms. The molecule has 3 nitrogen and oxygen atoms in total. The fourth-order valence-corrected chi connectivity index (χ4v) is 7.71. The van der Waals surface area contributed by atoms with Crippen molar-refractivity contribution in [2.75, 3.05) is 11.4 Å². The fraction of sp³-hybridized carbons (Fsp3) is 0.182. The third-order valence-corrected chi connectivity index (χ3v) is 10.8. The molecule has 2 aliphatic heterocycles. The zero-order valence-electron chi connectivity index (χ0n) is 28.1. The van der Waals surface area contributed by atoms with Crippen LogP contribution < -0.4 is 10.4 Å². The second-order valence-corrected chi connectivity index (χ2v) is 14.0. The summed E-state index contributed by atoms with van der Waals surface area (Å²) in [5.41, 5.74) is 11.4. The highest BCUT2D eigenvalue weighted by Crippen LogP contribution is 2.59. The van der Waals surface area contributed by atoms with Crippen LogP contribution in [-0.4, -0.2) is 24.9 Å². The van der Waals surface area contributed by atoms with Crippen LogP contribution in [-0.2, 0) is 14.7 Å². The summed E-state index contributed by atoms with van der Waals surface area (Å²) in [6.07, 6.45) is 8.53. The van der Waals surface area contributed by atoms with Crippen LogP contribution in [0.3, 0.4) is 0 Å². The van der Waals surface area contributed by atoms with Gasteiger partial charge >= 0.3 is 7.12 Å². The monoisotopic (exact) mass is 625 g/mol. The molecule has 0 amide bonds. The quantitative estimate of drug-likeness (QED) is 0.182. The van der Waals surface area contributed by atoms with Crippen molar-refractivity contribution in [2.45, 2.75) is 44.3 Å². The van der Waals surface area contributed by atoms with E-state index in [-0.39, 0.29) is 0 Å². The molecule has 0 radical (unpaired) electrons. The van der Waals surface area contributed by atoms with Crippen LogP contribution in [0.2, 0.25) is 0 Å². The lowest BCUT2D eigenvalue weighted by molar-refractivity contribution is 0.00578. The Hall–Kier alpha value is -4.90. The van der Waals surface area contributed by atoms with Crippen molar-refractivity contribution in [1.29, 1.82) is 0 Å². The van der Waals surface area contributed by atoms with Gasteiger partial charge in [-0.1, -0.05) is 140 Å². The Bertz CT molecular complexity index is 2040. The maximum absolute atomic E-state index is 6.56. The molecular formula is C44H40BNO2. The van der Waals surface area contributed by atoms with E-state index in [9.17, 15) is 0 Å². The van der Waals surface area contributed by atoms with Gasteiger partial charge in [-0.05, 0) is 78.7 Å². The number of nitrogens with zero attached hydrogens (tertiary/aromatic N) is 1. The number of allylic oxidation sites excluding steroid dienone is 4. The summed E-state index contributed by atoms with van der Waals surface area (Å²) in [7, 11) is -0.479. The summed E-state index contributed by atoms with van der Waals surface area (Å²) >= 11 is 0. The van der Waals surface area contributed by atoms with Gasteiger partial charge < -0.3 is 14.2 Å². The number of rotatable bonds is 4. The van der Waals surface area contributed by atoms with Gasteiger partial charge in [0.15, 0.2) is 0 Å². The minimum atomic E-state index is -0.536. The molecule has 0 saturated carbocycles. The van der Waals surface area contributed by atoms with Gasteiger partial charge in [0, 0.05) is 29.0 Å². The van der Waals surface area contributed by atoms with Crippen molar-refractivity contribution < 1.29 is 9.31 Å². The zero-order chi connectivity index (χ0) is 33.1. The average Bonchev–Trinajstić information content (AvgIpc) is 3.55. The van der Waals surface area contributed by atoms with Gasteiger partial charge in [0.25, 0.3) is 0 Å². The minimum Gasteiger partial charge on any atom is -0.399 e. The molecular weight excluding hydrogens is 585 g/mol. The smallest absolute Gasteiger partial charge is 0.399 e. The SMILES string of the molecule is C=C1/C=C\C=C/CN(c2cccc3c2C(c2ccccc2)(c2ccccc2)c2ccccc2-3)c2cc(B3OC(C)(C)C(C)(C)O3)ccc21. The van der Waals surface area contributed by atoms with Gasteiger partial charge in [0.05, 0.1) is 16.6 Å². The second-order valence-electron chi connectivity index (χ2n) is 14.0. The normalized spacial score (nSPS) is 19.8. The molecule has 0 unspecified atom stereocenters. The average molecular weight is 626 g/mol. The van der Waals surface area contributed by atoms with Crippen molar-refractivity contribution in [3.8, 4) is 11.1 Å². The van der Waals surface area contributed by atoms with Crippen LogP contribution >= 0.6 is 0 Å². The predicted molar refractivity (Wildman–Crippen MR) is 200 cm³/mol. The molecule has 2 heterocycles. The Balaban J connectivity index is 1.42. The highest BCUT2D eigenvalue weighted by atomic mass is 16.7. The van der Waals surface area contributed by atoms with Crippen LogP contribution in [0.4, 0.5) is 11.4 Å². The summed E-state index contributed by atoms with van der Waals surface area (Å²) < 4.78 is 13.1. The van der Waals surface area contributed by atoms with E-state index in [1.54, 1.807) is 0 Å². The Labute approximate surface area is 285 Å². The first-order valence-electron chi connectivity index (χ1n) is 16.9. The lowest BCUT2D eigenvalue weighted by Gasteiger charge is -2.38. The van der Waals surface area contributed by atoms with Crippen molar-refractivity contribution in [3.05, 3.63) is 180 Å². The van der Waals surface area contributed by atoms with Crippen molar-refractivity contribution in [3.63, 3.8) is 0 Å². The maximum Gasteiger partial charge on any atom is 0.494 e. The molecule has 0 atom stereocenters. The molecule has 48 heavy (non-hydrogen) atoms. The van der Waals surface area contributed by atoms with E-state index in [1.807, 2.05) is 0 Å². The summed E-state index contributed by atoms with van der Waals surface area (Å²) in [5, 5.41) is 0. The third-order valence-electron chi connectivity index (χ3n) is 10.8. The van der Waals surface area contributed by atoms with Gasteiger partial charge in [0.1, 0.15) is 0 Å². The summed E-state index contributed by atoms with van der Waals surface area (Å²) in [6.45, 7) is 13.6. The van der Waals surface area contributed by atoms with Crippen LogP contribution in [0.25, 0.3) is 16.7 Å². The minimum absolute atomic E-state index is 0.439. The molecule has 1 saturated heterocycles. The molecule has 5 aromatic carbocycles. The van der Waals surface area contributed by atoms with Crippen LogP contribution in [0.1, 0.15) is 55.5 Å². The molecule has 1 aliphatic carbocycles. The van der Waals surface area contributed by atoms with Gasteiger partial charge in [-0.25, -0.2) is 0 Å². The number of anilines is 2. The van der Waals surface area contributed by atoms with Crippen molar-refractivity contribution >= 4 is 29.5 Å². The fourth-order valence-electron chi connectivity index (χ4n) is 7.71. The Morgan fingerprint density at radius 2 is 1.25 bits per heavy atom. The number of hydrogen-bond donors (Lipinski definition) is 0. The Morgan fingerprint density at radius 3 is 1.94 bits per heavy atom. The van der Waals surface area contributed by atoms with Crippen LogP contribution in [0, 0.1) is 0 Å². The standard InChI is InChI=1S/C44H40BNO2/c1-31-18-9-8-16-29-46(40-30-34(27-28-35(31)40)45-47-42(2,3)43(4,5)48-45)39-26-17-24-37-36-23-14-15-25-38(36)44(41(37)39,32-19-10-6-11-20-32)33-21-12-7-13-22-33/h6-28,30H,1,29H2,2-5H3/b16-8-,18-9-. The molecule has 0 aromatic heterocycles. The highest BCUT2D eigenvalue weighted by Gasteiger charge is 2.52. The Morgan fingerprint density at radius 1 is 0.625 bits per heavy atom. The van der Waals surface area contributed by atoms with E-state index < -0.39 is 23.7 Å². The van der Waals surface area contributed by atoms with Crippen LogP contribution in [0.5, 0.6) is 0 Å². The summed E-state index contributed by atoms with van der Waals surface area (Å²) in [6, 6.07) is 44.3. The zero-order valence-corrected chi connectivity index (χ0v) is 28.1. The van der Waals surface area contributed by atoms with Gasteiger partial charge in [0.2, 0.25) is 0 Å². The number of benzene rings is 5. The molecule has 1 fully saturated rings. The van der Waals surface area contributed by atoms with Crippen molar-refractivity contribution in [2.24, 2.45) is 0 Å². The number of hydrogen-bond acceptors (Lipinski definition) is 3. The molecule has 0 bridgehead atoms. The molecule has 8 rings (SSSR count). The molecule has 0 spiro atoms. The highest BCUT2D eigenvalue weighted by molar-refractivity contribution is 6.62. The first kappa shape index (κ1) is 30.4. The summed E-state index contributed by atoms with van der Waals surface area (Å²) in [5.74, 6) is 0. The topological polar surface area (TPSA) is 21.7 Å². The van der Waals surface area contributed by atoms with E-state index in [1.165, 1.54) is 33.4 Å². The molecule has 5 aromatic rings. The van der Waals surface area contributed by atoms with Crippen molar-refractivity contribution in [1.82, 2.24) is 0 Å². The van der Waals surface area contributed by atoms with E-state index >= 15 is 0 Å². The van der Waals surface area contributed by atoms with E-state index in [4.69, 9.17) is 9.31 Å². The Kier molecular flexibility index (Phi) is 7.21. The van der Waals surface area contributed by atoms with Gasteiger partial charge in [-0.15, -0.1) is 0 Å². The maximum atomic E-state index is 6.56. The lowest BCUT2D eigenvalue weighted by Crippen LogP contribution is -2.41. The van der Waals surface area contributed by atoms with E-state index in [0.717, 1.165) is 28.0 Å². The van der Waals surface area contributed by atoms with Crippen LogP contribution in [0.15, 0.2) is 152 Å². The first-order chi connectivity index (χ1) is 23.2.